The molecule has 0 saturated heterocycles. The van der Waals surface area contributed by atoms with E-state index in [0.717, 1.165) is 24.9 Å². The van der Waals surface area contributed by atoms with Crippen molar-refractivity contribution in [1.29, 1.82) is 0 Å². The van der Waals surface area contributed by atoms with E-state index in [1.54, 1.807) is 0 Å². The van der Waals surface area contributed by atoms with E-state index in [4.69, 9.17) is 0 Å². The topological polar surface area (TPSA) is 56.9 Å². The average Bonchev–Trinajstić information content (AvgIpc) is 2.83. The fourth-order valence-electron chi connectivity index (χ4n) is 1.88. The number of rotatable bonds is 5. The van der Waals surface area contributed by atoms with Crippen molar-refractivity contribution in [2.24, 2.45) is 0 Å². The van der Waals surface area contributed by atoms with Crippen LogP contribution in [0.1, 0.15) is 18.9 Å². The van der Waals surface area contributed by atoms with Gasteiger partial charge in [0.2, 0.25) is 0 Å². The molecule has 0 aliphatic rings. The molecule has 2 amide bonds. The van der Waals surface area contributed by atoms with Gasteiger partial charge >= 0.3 is 6.03 Å². The summed E-state index contributed by atoms with van der Waals surface area (Å²) >= 11 is 0. The Balaban J connectivity index is 1.81. The molecule has 4 heteroatoms. The summed E-state index contributed by atoms with van der Waals surface area (Å²) in [4.78, 5) is 14.5. The summed E-state index contributed by atoms with van der Waals surface area (Å²) in [5, 5.41) is 6.85. The van der Waals surface area contributed by atoms with Crippen molar-refractivity contribution in [3.63, 3.8) is 0 Å². The van der Waals surface area contributed by atoms with Gasteiger partial charge in [-0.25, -0.2) is 4.79 Å². The Hall–Kier alpha value is -1.97. The van der Waals surface area contributed by atoms with E-state index in [2.05, 4.69) is 39.9 Å². The molecule has 0 saturated carbocycles. The van der Waals surface area contributed by atoms with Crippen LogP contribution in [0.25, 0.3) is 10.9 Å². The predicted octanol–water partition coefficient (Wildman–Crippen LogP) is 2.42. The van der Waals surface area contributed by atoms with Gasteiger partial charge in [0, 0.05) is 24.8 Å². The van der Waals surface area contributed by atoms with E-state index < -0.39 is 0 Å². The van der Waals surface area contributed by atoms with Crippen molar-refractivity contribution in [2.45, 2.75) is 19.8 Å². The number of H-pyrrole nitrogens is 1. The molecule has 18 heavy (non-hydrogen) atoms. The maximum Gasteiger partial charge on any atom is 0.314 e. The van der Waals surface area contributed by atoms with Gasteiger partial charge in [0.05, 0.1) is 0 Å². The van der Waals surface area contributed by atoms with Gasteiger partial charge in [0.25, 0.3) is 0 Å². The van der Waals surface area contributed by atoms with Crippen molar-refractivity contribution in [1.82, 2.24) is 15.6 Å². The van der Waals surface area contributed by atoms with Crippen LogP contribution in [0.3, 0.4) is 0 Å². The second kappa shape index (κ2) is 6.10. The number of aromatic nitrogens is 1. The van der Waals surface area contributed by atoms with Gasteiger partial charge in [-0.05, 0) is 42.0 Å². The first kappa shape index (κ1) is 12.5. The Kier molecular flexibility index (Phi) is 4.23. The molecule has 0 bridgehead atoms. The Bertz CT molecular complexity index is 518. The third kappa shape index (κ3) is 3.26. The summed E-state index contributed by atoms with van der Waals surface area (Å²) in [7, 11) is 0. The summed E-state index contributed by atoms with van der Waals surface area (Å²) in [6.45, 7) is 3.42. The normalized spacial score (nSPS) is 10.5. The van der Waals surface area contributed by atoms with Crippen LogP contribution in [0.4, 0.5) is 4.79 Å². The highest BCUT2D eigenvalue weighted by atomic mass is 16.2. The minimum atomic E-state index is -0.0837. The lowest BCUT2D eigenvalue weighted by atomic mass is 10.1. The molecule has 1 aromatic carbocycles. The number of hydrogen-bond donors (Lipinski definition) is 3. The highest BCUT2D eigenvalue weighted by Gasteiger charge is 2.00. The standard InChI is InChI=1S/C14H19N3O/c1-2-7-16-14(18)17-8-5-11-3-4-13-12(10-11)6-9-15-13/h3-4,6,9-10,15H,2,5,7-8H2,1H3,(H2,16,17,18). The molecule has 96 valence electrons. The van der Waals surface area contributed by atoms with Crippen LogP contribution in [0, 0.1) is 0 Å². The molecule has 0 spiro atoms. The Morgan fingerprint density at radius 1 is 1.22 bits per heavy atom. The molecular weight excluding hydrogens is 226 g/mol. The summed E-state index contributed by atoms with van der Waals surface area (Å²) in [6.07, 6.45) is 3.74. The fourth-order valence-corrected chi connectivity index (χ4v) is 1.88. The number of benzene rings is 1. The largest absolute Gasteiger partial charge is 0.361 e. The van der Waals surface area contributed by atoms with Crippen molar-refractivity contribution in [2.75, 3.05) is 13.1 Å². The van der Waals surface area contributed by atoms with Crippen LogP contribution in [0.2, 0.25) is 0 Å². The molecule has 1 heterocycles. The number of carbonyl (C=O) groups is 1. The molecule has 4 nitrogen and oxygen atoms in total. The van der Waals surface area contributed by atoms with Crippen LogP contribution < -0.4 is 10.6 Å². The molecule has 1 aromatic heterocycles. The fraction of sp³-hybridized carbons (Fsp3) is 0.357. The van der Waals surface area contributed by atoms with Gasteiger partial charge in [0.1, 0.15) is 0 Å². The maximum absolute atomic E-state index is 11.3. The van der Waals surface area contributed by atoms with E-state index in [-0.39, 0.29) is 6.03 Å². The second-order valence-electron chi connectivity index (χ2n) is 4.33. The Morgan fingerprint density at radius 3 is 2.89 bits per heavy atom. The van der Waals surface area contributed by atoms with Gasteiger partial charge in [-0.15, -0.1) is 0 Å². The molecule has 0 radical (unpaired) electrons. The third-order valence-corrected chi connectivity index (χ3v) is 2.85. The lowest BCUT2D eigenvalue weighted by Gasteiger charge is -2.06. The summed E-state index contributed by atoms with van der Waals surface area (Å²) < 4.78 is 0. The van der Waals surface area contributed by atoms with Gasteiger partial charge in [-0.2, -0.15) is 0 Å². The number of amides is 2. The van der Waals surface area contributed by atoms with Crippen LogP contribution in [-0.2, 0) is 6.42 Å². The minimum absolute atomic E-state index is 0.0837. The van der Waals surface area contributed by atoms with Crippen LogP contribution >= 0.6 is 0 Å². The summed E-state index contributed by atoms with van der Waals surface area (Å²) in [5.74, 6) is 0. The van der Waals surface area contributed by atoms with E-state index in [1.165, 1.54) is 10.9 Å². The molecule has 0 aliphatic carbocycles. The van der Waals surface area contributed by atoms with Crippen molar-refractivity contribution in [3.05, 3.63) is 36.0 Å². The first-order valence-electron chi connectivity index (χ1n) is 6.37. The number of fused-ring (bicyclic) bond motifs is 1. The number of carbonyl (C=O) groups excluding carboxylic acids is 1. The molecular formula is C14H19N3O. The number of hydrogen-bond acceptors (Lipinski definition) is 1. The highest BCUT2D eigenvalue weighted by Crippen LogP contribution is 2.14. The van der Waals surface area contributed by atoms with E-state index in [9.17, 15) is 4.79 Å². The van der Waals surface area contributed by atoms with Crippen LogP contribution in [0.15, 0.2) is 30.5 Å². The number of aromatic amines is 1. The SMILES string of the molecule is CCCNC(=O)NCCc1ccc2[nH]ccc2c1. The van der Waals surface area contributed by atoms with Gasteiger partial charge < -0.3 is 15.6 Å². The lowest BCUT2D eigenvalue weighted by molar-refractivity contribution is 0.241. The first-order chi connectivity index (χ1) is 8.79. The maximum atomic E-state index is 11.3. The van der Waals surface area contributed by atoms with Crippen molar-refractivity contribution in [3.8, 4) is 0 Å². The van der Waals surface area contributed by atoms with Crippen LogP contribution in [-0.4, -0.2) is 24.1 Å². The zero-order valence-electron chi connectivity index (χ0n) is 10.6. The Morgan fingerprint density at radius 2 is 2.06 bits per heavy atom. The molecule has 2 rings (SSSR count). The molecule has 3 N–H and O–H groups in total. The molecule has 2 aromatic rings. The zero-order chi connectivity index (χ0) is 12.8. The second-order valence-corrected chi connectivity index (χ2v) is 4.33. The van der Waals surface area contributed by atoms with Crippen molar-refractivity contribution >= 4 is 16.9 Å². The van der Waals surface area contributed by atoms with Crippen LogP contribution in [0.5, 0.6) is 0 Å². The van der Waals surface area contributed by atoms with Gasteiger partial charge in [0.15, 0.2) is 0 Å². The minimum Gasteiger partial charge on any atom is -0.361 e. The number of nitrogens with one attached hydrogen (secondary N) is 3. The highest BCUT2D eigenvalue weighted by molar-refractivity contribution is 5.80. The van der Waals surface area contributed by atoms with E-state index in [0.29, 0.717) is 6.54 Å². The molecule has 0 unspecified atom stereocenters. The summed E-state index contributed by atoms with van der Waals surface area (Å²) in [6, 6.07) is 8.28. The molecule has 0 aliphatic heterocycles. The predicted molar refractivity (Wildman–Crippen MR) is 73.7 cm³/mol. The monoisotopic (exact) mass is 245 g/mol. The quantitative estimate of drug-likeness (QED) is 0.744. The average molecular weight is 245 g/mol. The smallest absolute Gasteiger partial charge is 0.314 e. The third-order valence-electron chi connectivity index (χ3n) is 2.85. The zero-order valence-corrected chi connectivity index (χ0v) is 10.6. The lowest BCUT2D eigenvalue weighted by Crippen LogP contribution is -2.36. The van der Waals surface area contributed by atoms with Gasteiger partial charge in [-0.1, -0.05) is 13.0 Å². The Labute approximate surface area is 107 Å². The van der Waals surface area contributed by atoms with E-state index in [1.807, 2.05) is 13.1 Å². The van der Waals surface area contributed by atoms with E-state index >= 15 is 0 Å². The molecule has 0 atom stereocenters. The summed E-state index contributed by atoms with van der Waals surface area (Å²) in [5.41, 5.74) is 2.38. The number of urea groups is 1. The molecule has 0 fully saturated rings. The first-order valence-corrected chi connectivity index (χ1v) is 6.37. The van der Waals surface area contributed by atoms with Crippen molar-refractivity contribution < 1.29 is 4.79 Å². The van der Waals surface area contributed by atoms with Gasteiger partial charge in [-0.3, -0.25) is 0 Å².